The zero-order valence-corrected chi connectivity index (χ0v) is 20.3. The molecule has 0 aromatic heterocycles. The van der Waals surface area contributed by atoms with Gasteiger partial charge in [0.25, 0.3) is 5.91 Å². The van der Waals surface area contributed by atoms with Gasteiger partial charge < -0.3 is 34.9 Å². The number of amides is 2. The SMILES string of the molecule is CC(C)Nc1cc2c(c(C(=O)NC[C@@H]3CCN(C(=O)OC(C)(C)C)C[C@H]3O)c1)OCCCO2. The lowest BCUT2D eigenvalue weighted by Gasteiger charge is -2.36. The Bertz CT molecular complexity index is 851. The largest absolute Gasteiger partial charge is 0.489 e. The third kappa shape index (κ3) is 6.90. The molecule has 184 valence electrons. The number of carbonyl (C=O) groups excluding carboxylic acids is 2. The second-order valence-electron chi connectivity index (χ2n) is 9.95. The molecule has 2 aliphatic rings. The number of likely N-dealkylation sites (tertiary alicyclic amines) is 1. The first-order valence-corrected chi connectivity index (χ1v) is 11.7. The first kappa shape index (κ1) is 25.0. The Morgan fingerprint density at radius 2 is 1.97 bits per heavy atom. The standard InChI is InChI=1S/C24H37N3O6/c1-15(2)26-17-11-18(21-20(12-17)31-9-6-10-32-21)22(29)25-13-16-7-8-27(14-19(16)28)23(30)33-24(3,4)5/h11-12,15-16,19,26,28H,6-10,13-14H2,1-5H3,(H,25,29)/t16-,19+/m0/s1. The minimum atomic E-state index is -0.753. The van der Waals surface area contributed by atoms with E-state index in [9.17, 15) is 14.7 Å². The Kier molecular flexibility index (Phi) is 7.94. The molecule has 2 amide bonds. The number of anilines is 1. The van der Waals surface area contributed by atoms with Crippen LogP contribution in [0, 0.1) is 5.92 Å². The number of rotatable bonds is 5. The molecule has 2 aliphatic heterocycles. The minimum absolute atomic E-state index is 0.166. The molecule has 0 radical (unpaired) electrons. The molecule has 0 bridgehead atoms. The molecule has 1 fully saturated rings. The van der Waals surface area contributed by atoms with Crippen molar-refractivity contribution in [3.8, 4) is 11.5 Å². The Morgan fingerprint density at radius 1 is 1.24 bits per heavy atom. The molecule has 0 spiro atoms. The van der Waals surface area contributed by atoms with Crippen LogP contribution in [0.1, 0.15) is 57.8 Å². The van der Waals surface area contributed by atoms with Crippen LogP contribution in [0.4, 0.5) is 10.5 Å². The van der Waals surface area contributed by atoms with Crippen molar-refractivity contribution in [1.82, 2.24) is 10.2 Å². The Labute approximate surface area is 195 Å². The van der Waals surface area contributed by atoms with Gasteiger partial charge >= 0.3 is 6.09 Å². The number of benzene rings is 1. The zero-order chi connectivity index (χ0) is 24.2. The number of β-amino-alcohol motifs (C(OH)–C–C–N with tert-alkyl or cyclic N) is 1. The molecule has 2 atom stereocenters. The van der Waals surface area contributed by atoms with Crippen molar-refractivity contribution in [1.29, 1.82) is 0 Å². The maximum absolute atomic E-state index is 13.1. The van der Waals surface area contributed by atoms with Gasteiger partial charge in [-0.2, -0.15) is 0 Å². The second-order valence-corrected chi connectivity index (χ2v) is 9.95. The summed E-state index contributed by atoms with van der Waals surface area (Å²) in [7, 11) is 0. The summed E-state index contributed by atoms with van der Waals surface area (Å²) in [4.78, 5) is 26.9. The third-order valence-corrected chi connectivity index (χ3v) is 5.45. The summed E-state index contributed by atoms with van der Waals surface area (Å²) in [5.74, 6) is 0.542. The van der Waals surface area contributed by atoms with E-state index in [1.54, 1.807) is 6.07 Å². The quantitative estimate of drug-likeness (QED) is 0.616. The second kappa shape index (κ2) is 10.5. The van der Waals surface area contributed by atoms with Crippen LogP contribution < -0.4 is 20.1 Å². The van der Waals surface area contributed by atoms with Gasteiger partial charge in [-0.05, 0) is 47.1 Å². The first-order chi connectivity index (χ1) is 15.5. The van der Waals surface area contributed by atoms with E-state index in [1.807, 2.05) is 40.7 Å². The van der Waals surface area contributed by atoms with Gasteiger partial charge in [-0.15, -0.1) is 0 Å². The Morgan fingerprint density at radius 3 is 2.64 bits per heavy atom. The van der Waals surface area contributed by atoms with Crippen molar-refractivity contribution >= 4 is 17.7 Å². The van der Waals surface area contributed by atoms with E-state index in [2.05, 4.69) is 10.6 Å². The summed E-state index contributed by atoms with van der Waals surface area (Å²) in [5.41, 5.74) is 0.596. The highest BCUT2D eigenvalue weighted by molar-refractivity contribution is 5.99. The topological polar surface area (TPSA) is 109 Å². The first-order valence-electron chi connectivity index (χ1n) is 11.7. The van der Waals surface area contributed by atoms with Gasteiger partial charge in [-0.25, -0.2) is 4.79 Å². The number of nitrogens with zero attached hydrogens (tertiary/aromatic N) is 1. The van der Waals surface area contributed by atoms with Crippen molar-refractivity contribution in [2.24, 2.45) is 5.92 Å². The lowest BCUT2D eigenvalue weighted by Crippen LogP contribution is -2.50. The van der Waals surface area contributed by atoms with E-state index in [0.29, 0.717) is 49.8 Å². The molecule has 33 heavy (non-hydrogen) atoms. The van der Waals surface area contributed by atoms with Crippen LogP contribution in [-0.2, 0) is 4.74 Å². The lowest BCUT2D eigenvalue weighted by molar-refractivity contribution is -0.0122. The van der Waals surface area contributed by atoms with E-state index < -0.39 is 17.8 Å². The highest BCUT2D eigenvalue weighted by Crippen LogP contribution is 2.37. The van der Waals surface area contributed by atoms with Crippen LogP contribution in [0.5, 0.6) is 11.5 Å². The number of hydrogen-bond acceptors (Lipinski definition) is 7. The van der Waals surface area contributed by atoms with Gasteiger partial charge in [0.2, 0.25) is 0 Å². The fraction of sp³-hybridized carbons (Fsp3) is 0.667. The number of fused-ring (bicyclic) bond motifs is 1. The summed E-state index contributed by atoms with van der Waals surface area (Å²) in [6.45, 7) is 11.4. The zero-order valence-electron chi connectivity index (χ0n) is 20.3. The molecule has 3 N–H and O–H groups in total. The highest BCUT2D eigenvalue weighted by atomic mass is 16.6. The fourth-order valence-electron chi connectivity index (χ4n) is 3.89. The predicted octanol–water partition coefficient (Wildman–Crippen LogP) is 3.02. The molecular weight excluding hydrogens is 426 g/mol. The van der Waals surface area contributed by atoms with Crippen LogP contribution in [-0.4, -0.2) is 72.6 Å². The number of nitrogens with one attached hydrogen (secondary N) is 2. The summed E-state index contributed by atoms with van der Waals surface area (Å²) in [6.07, 6.45) is 0.119. The van der Waals surface area contributed by atoms with E-state index in [-0.39, 0.29) is 24.4 Å². The molecule has 9 nitrogen and oxygen atoms in total. The van der Waals surface area contributed by atoms with Crippen molar-refractivity contribution in [3.63, 3.8) is 0 Å². The summed E-state index contributed by atoms with van der Waals surface area (Å²) >= 11 is 0. The number of piperidine rings is 1. The van der Waals surface area contributed by atoms with E-state index >= 15 is 0 Å². The fourth-order valence-corrected chi connectivity index (χ4v) is 3.89. The highest BCUT2D eigenvalue weighted by Gasteiger charge is 2.33. The van der Waals surface area contributed by atoms with Gasteiger partial charge in [-0.1, -0.05) is 0 Å². The summed E-state index contributed by atoms with van der Waals surface area (Å²) in [6, 6.07) is 3.81. The van der Waals surface area contributed by atoms with Crippen molar-refractivity contribution in [2.75, 3.05) is 38.2 Å². The van der Waals surface area contributed by atoms with Crippen molar-refractivity contribution < 1.29 is 28.9 Å². The van der Waals surface area contributed by atoms with Crippen LogP contribution in [0.2, 0.25) is 0 Å². The smallest absolute Gasteiger partial charge is 0.410 e. The molecule has 2 heterocycles. The molecule has 1 saturated heterocycles. The van der Waals surface area contributed by atoms with Crippen molar-refractivity contribution in [3.05, 3.63) is 17.7 Å². The van der Waals surface area contributed by atoms with Crippen LogP contribution in [0.3, 0.4) is 0 Å². The maximum atomic E-state index is 13.1. The van der Waals surface area contributed by atoms with Crippen molar-refractivity contribution in [2.45, 2.75) is 65.2 Å². The molecular formula is C24H37N3O6. The molecule has 1 aromatic carbocycles. The van der Waals surface area contributed by atoms with E-state index in [0.717, 1.165) is 12.1 Å². The molecule has 1 aromatic rings. The molecule has 0 saturated carbocycles. The molecule has 0 aliphatic carbocycles. The van der Waals surface area contributed by atoms with Gasteiger partial charge in [0.15, 0.2) is 11.5 Å². The summed E-state index contributed by atoms with van der Waals surface area (Å²) in [5, 5.41) is 16.8. The predicted molar refractivity (Wildman–Crippen MR) is 125 cm³/mol. The normalized spacial score (nSPS) is 20.8. The maximum Gasteiger partial charge on any atom is 0.410 e. The van der Waals surface area contributed by atoms with Gasteiger partial charge in [0, 0.05) is 43.2 Å². The van der Waals surface area contributed by atoms with Gasteiger partial charge in [0.05, 0.1) is 31.4 Å². The minimum Gasteiger partial charge on any atom is -0.489 e. The Hall–Kier alpha value is -2.68. The number of ether oxygens (including phenoxy) is 3. The average Bonchev–Trinajstić information content (AvgIpc) is 2.95. The van der Waals surface area contributed by atoms with E-state index in [4.69, 9.17) is 14.2 Å². The van der Waals surface area contributed by atoms with Crippen LogP contribution >= 0.6 is 0 Å². The number of hydrogen-bond donors (Lipinski definition) is 3. The summed E-state index contributed by atoms with van der Waals surface area (Å²) < 4.78 is 17.0. The molecule has 3 rings (SSSR count). The number of aliphatic hydroxyl groups is 1. The lowest BCUT2D eigenvalue weighted by atomic mass is 9.94. The van der Waals surface area contributed by atoms with Crippen LogP contribution in [0.25, 0.3) is 0 Å². The monoisotopic (exact) mass is 463 g/mol. The van der Waals surface area contributed by atoms with Gasteiger partial charge in [-0.3, -0.25) is 4.79 Å². The third-order valence-electron chi connectivity index (χ3n) is 5.45. The number of carbonyl (C=O) groups is 2. The van der Waals surface area contributed by atoms with Crippen LogP contribution in [0.15, 0.2) is 12.1 Å². The Balaban J connectivity index is 1.64. The number of aliphatic hydroxyl groups excluding tert-OH is 1. The van der Waals surface area contributed by atoms with Gasteiger partial charge in [0.1, 0.15) is 5.60 Å². The van der Waals surface area contributed by atoms with E-state index in [1.165, 1.54) is 4.90 Å². The average molecular weight is 464 g/mol. The molecule has 9 heteroatoms. The molecule has 0 unspecified atom stereocenters.